The molecule has 1 saturated heterocycles. The number of rotatable bonds is 4. The summed E-state index contributed by atoms with van der Waals surface area (Å²) >= 11 is 3.42. The van der Waals surface area contributed by atoms with Gasteiger partial charge >= 0.3 is 6.03 Å². The number of amides is 4. The molecule has 4 amide bonds. The van der Waals surface area contributed by atoms with Crippen molar-refractivity contribution in [2.24, 2.45) is 0 Å². The first-order valence-corrected chi connectivity index (χ1v) is 9.81. The van der Waals surface area contributed by atoms with Crippen molar-refractivity contribution < 1.29 is 14.4 Å². The molecule has 1 atom stereocenters. The van der Waals surface area contributed by atoms with Crippen molar-refractivity contribution in [3.8, 4) is 5.69 Å². The molecule has 1 fully saturated rings. The van der Waals surface area contributed by atoms with Crippen LogP contribution in [0.15, 0.2) is 53.0 Å². The van der Waals surface area contributed by atoms with E-state index in [4.69, 9.17) is 0 Å². The van der Waals surface area contributed by atoms with Crippen LogP contribution in [-0.2, 0) is 10.3 Å². The number of nitrogens with zero attached hydrogens (tertiary/aromatic N) is 3. The van der Waals surface area contributed by atoms with Gasteiger partial charge in [-0.15, -0.1) is 5.10 Å². The summed E-state index contributed by atoms with van der Waals surface area (Å²) in [6.45, 7) is 3.35. The molecule has 0 bridgehead atoms. The Morgan fingerprint density at radius 2 is 1.93 bits per heavy atom. The molecule has 9 nitrogen and oxygen atoms in total. The average molecular weight is 469 g/mol. The lowest BCUT2D eigenvalue weighted by Crippen LogP contribution is -2.40. The molecule has 152 valence electrons. The Kier molecular flexibility index (Phi) is 4.86. The SMILES string of the molecule is Cc1c(C(=O)Nc2cccc(C3(C)NC(=O)NC3=O)c2)nnn1-c1cccc(Br)c1. The number of nitrogens with one attached hydrogen (secondary N) is 3. The van der Waals surface area contributed by atoms with Crippen molar-refractivity contribution in [1.29, 1.82) is 0 Å². The third-order valence-corrected chi connectivity index (χ3v) is 5.40. The van der Waals surface area contributed by atoms with Gasteiger partial charge in [0, 0.05) is 10.2 Å². The van der Waals surface area contributed by atoms with Crippen LogP contribution in [0.5, 0.6) is 0 Å². The van der Waals surface area contributed by atoms with Gasteiger partial charge in [-0.3, -0.25) is 14.9 Å². The lowest BCUT2D eigenvalue weighted by atomic mass is 9.92. The molecule has 2 aromatic carbocycles. The Hall–Kier alpha value is -3.53. The first-order valence-electron chi connectivity index (χ1n) is 9.01. The Bertz CT molecular complexity index is 1190. The third-order valence-electron chi connectivity index (χ3n) is 4.90. The quantitative estimate of drug-likeness (QED) is 0.508. The molecule has 2 heterocycles. The zero-order chi connectivity index (χ0) is 21.5. The third kappa shape index (κ3) is 3.45. The fourth-order valence-electron chi connectivity index (χ4n) is 3.24. The number of carbonyl (C=O) groups is 3. The summed E-state index contributed by atoms with van der Waals surface area (Å²) in [6, 6.07) is 13.7. The van der Waals surface area contributed by atoms with Crippen molar-refractivity contribution in [2.45, 2.75) is 19.4 Å². The number of imide groups is 1. The highest BCUT2D eigenvalue weighted by Gasteiger charge is 2.43. The standard InChI is InChI=1S/C20H17BrN6O3/c1-11-16(25-26-27(11)15-8-4-6-13(21)10-15)17(28)22-14-7-3-5-12(9-14)20(2)18(29)23-19(30)24-20/h3-10H,1-2H3,(H,22,28)(H2,23,24,29,30). The van der Waals surface area contributed by atoms with Gasteiger partial charge in [-0.25, -0.2) is 9.48 Å². The van der Waals surface area contributed by atoms with Crippen LogP contribution in [0.25, 0.3) is 5.69 Å². The van der Waals surface area contributed by atoms with Gasteiger partial charge in [-0.05, 0) is 49.7 Å². The van der Waals surface area contributed by atoms with Crippen LogP contribution < -0.4 is 16.0 Å². The van der Waals surface area contributed by atoms with Crippen LogP contribution in [-0.4, -0.2) is 32.8 Å². The second-order valence-electron chi connectivity index (χ2n) is 6.98. The molecular formula is C20H17BrN6O3. The first-order chi connectivity index (χ1) is 14.3. The molecule has 10 heteroatoms. The Balaban J connectivity index is 1.58. The van der Waals surface area contributed by atoms with Crippen molar-refractivity contribution in [2.75, 3.05) is 5.32 Å². The van der Waals surface area contributed by atoms with E-state index in [0.717, 1.165) is 10.2 Å². The van der Waals surface area contributed by atoms with Gasteiger partial charge in [0.05, 0.1) is 11.4 Å². The van der Waals surface area contributed by atoms with Crippen molar-refractivity contribution >= 4 is 39.5 Å². The molecule has 1 aromatic heterocycles. The largest absolute Gasteiger partial charge is 0.322 e. The molecule has 4 rings (SSSR count). The van der Waals surface area contributed by atoms with Gasteiger partial charge in [-0.2, -0.15) is 0 Å². The second-order valence-corrected chi connectivity index (χ2v) is 7.90. The number of aromatic nitrogens is 3. The summed E-state index contributed by atoms with van der Waals surface area (Å²) in [7, 11) is 0. The number of benzene rings is 2. The van der Waals surface area contributed by atoms with Gasteiger partial charge in [0.25, 0.3) is 11.8 Å². The molecule has 3 N–H and O–H groups in total. The van der Waals surface area contributed by atoms with Crippen molar-refractivity contribution in [1.82, 2.24) is 25.6 Å². The monoisotopic (exact) mass is 468 g/mol. The number of hydrogen-bond acceptors (Lipinski definition) is 5. The number of anilines is 1. The van der Waals surface area contributed by atoms with Crippen molar-refractivity contribution in [3.63, 3.8) is 0 Å². The molecule has 1 aliphatic rings. The molecule has 0 aliphatic carbocycles. The lowest BCUT2D eigenvalue weighted by molar-refractivity contribution is -0.123. The topological polar surface area (TPSA) is 118 Å². The smallest absolute Gasteiger partial charge is 0.321 e. The normalized spacial score (nSPS) is 18.1. The van der Waals surface area contributed by atoms with E-state index in [0.29, 0.717) is 16.9 Å². The summed E-state index contributed by atoms with van der Waals surface area (Å²) in [5.41, 5.74) is 1.32. The highest BCUT2D eigenvalue weighted by molar-refractivity contribution is 9.10. The van der Waals surface area contributed by atoms with Crippen LogP contribution in [0.2, 0.25) is 0 Å². The van der Waals surface area contributed by atoms with Crippen LogP contribution in [0.3, 0.4) is 0 Å². The Morgan fingerprint density at radius 1 is 1.17 bits per heavy atom. The number of urea groups is 1. The summed E-state index contributed by atoms with van der Waals surface area (Å²) in [4.78, 5) is 36.5. The van der Waals surface area contributed by atoms with E-state index >= 15 is 0 Å². The number of hydrogen-bond donors (Lipinski definition) is 3. The van der Waals surface area contributed by atoms with E-state index in [1.165, 1.54) is 0 Å². The molecule has 0 radical (unpaired) electrons. The average Bonchev–Trinajstić information content (AvgIpc) is 3.21. The number of carbonyl (C=O) groups excluding carboxylic acids is 3. The van der Waals surface area contributed by atoms with E-state index in [1.807, 2.05) is 24.3 Å². The van der Waals surface area contributed by atoms with E-state index in [1.54, 1.807) is 42.8 Å². The van der Waals surface area contributed by atoms with E-state index < -0.39 is 23.4 Å². The van der Waals surface area contributed by atoms with Gasteiger partial charge in [0.1, 0.15) is 5.54 Å². The molecule has 3 aromatic rings. The summed E-state index contributed by atoms with van der Waals surface area (Å²) in [5, 5.41) is 15.7. The molecule has 30 heavy (non-hydrogen) atoms. The maximum absolute atomic E-state index is 12.8. The van der Waals surface area contributed by atoms with Crippen molar-refractivity contribution in [3.05, 3.63) is 70.0 Å². The molecule has 0 saturated carbocycles. The summed E-state index contributed by atoms with van der Waals surface area (Å²) in [6.07, 6.45) is 0. The van der Waals surface area contributed by atoms with E-state index in [9.17, 15) is 14.4 Å². The fraction of sp³-hybridized carbons (Fsp3) is 0.150. The molecular weight excluding hydrogens is 452 g/mol. The van der Waals surface area contributed by atoms with E-state index in [2.05, 4.69) is 42.2 Å². The van der Waals surface area contributed by atoms with Gasteiger partial charge in [0.2, 0.25) is 0 Å². The van der Waals surface area contributed by atoms with Crippen LogP contribution in [0, 0.1) is 6.92 Å². The fourth-order valence-corrected chi connectivity index (χ4v) is 3.62. The molecule has 0 spiro atoms. The minimum Gasteiger partial charge on any atom is -0.321 e. The second kappa shape index (κ2) is 7.38. The first kappa shape index (κ1) is 19.8. The van der Waals surface area contributed by atoms with Crippen LogP contribution in [0.4, 0.5) is 10.5 Å². The zero-order valence-corrected chi connectivity index (χ0v) is 17.6. The van der Waals surface area contributed by atoms with E-state index in [-0.39, 0.29) is 5.69 Å². The predicted molar refractivity (Wildman–Crippen MR) is 112 cm³/mol. The predicted octanol–water partition coefficient (Wildman–Crippen LogP) is 2.65. The Labute approximate surface area is 180 Å². The van der Waals surface area contributed by atoms with Crippen LogP contribution in [0.1, 0.15) is 28.7 Å². The molecule has 1 aliphatic heterocycles. The maximum atomic E-state index is 12.8. The van der Waals surface area contributed by atoms with Gasteiger partial charge in [0.15, 0.2) is 5.69 Å². The highest BCUT2D eigenvalue weighted by Crippen LogP contribution is 2.27. The maximum Gasteiger partial charge on any atom is 0.322 e. The highest BCUT2D eigenvalue weighted by atomic mass is 79.9. The van der Waals surface area contributed by atoms with Gasteiger partial charge in [-0.1, -0.05) is 39.3 Å². The summed E-state index contributed by atoms with van der Waals surface area (Å²) < 4.78 is 2.46. The zero-order valence-electron chi connectivity index (χ0n) is 16.1. The summed E-state index contributed by atoms with van der Waals surface area (Å²) in [5.74, 6) is -0.889. The minimum atomic E-state index is -1.21. The lowest BCUT2D eigenvalue weighted by Gasteiger charge is -2.21. The van der Waals surface area contributed by atoms with Gasteiger partial charge < -0.3 is 10.6 Å². The minimum absolute atomic E-state index is 0.179. The number of halogens is 1. The molecule has 1 unspecified atom stereocenters. The Morgan fingerprint density at radius 3 is 2.63 bits per heavy atom. The van der Waals surface area contributed by atoms with Crippen LogP contribution >= 0.6 is 15.9 Å².